The van der Waals surface area contributed by atoms with Gasteiger partial charge in [-0.25, -0.2) is 4.98 Å². The summed E-state index contributed by atoms with van der Waals surface area (Å²) in [7, 11) is 0. The Morgan fingerprint density at radius 1 is 1.39 bits per heavy atom. The van der Waals surface area contributed by atoms with Gasteiger partial charge in [-0.15, -0.1) is 11.3 Å². The monoisotopic (exact) mass is 415 g/mol. The highest BCUT2D eigenvalue weighted by Crippen LogP contribution is 2.26. The molecular formula is C19H14ClN3O4S. The van der Waals surface area contributed by atoms with Gasteiger partial charge < -0.3 is 14.5 Å². The minimum atomic E-state index is -0.595. The maximum Gasteiger partial charge on any atom is 0.312 e. The molecule has 1 amide bonds. The number of esters is 1. The van der Waals surface area contributed by atoms with Crippen LogP contribution in [-0.2, 0) is 20.7 Å². The van der Waals surface area contributed by atoms with Crippen LogP contribution in [0.4, 0.5) is 5.69 Å². The van der Waals surface area contributed by atoms with E-state index in [1.54, 1.807) is 6.92 Å². The molecule has 142 valence electrons. The Bertz CT molecular complexity index is 1050. The molecule has 9 heteroatoms. The van der Waals surface area contributed by atoms with Gasteiger partial charge >= 0.3 is 5.97 Å². The first-order valence-corrected chi connectivity index (χ1v) is 9.37. The second-order valence-electron chi connectivity index (χ2n) is 5.69. The van der Waals surface area contributed by atoms with E-state index in [-0.39, 0.29) is 11.4 Å². The fraction of sp³-hybridized carbons (Fsp3) is 0.158. The lowest BCUT2D eigenvalue weighted by Gasteiger charge is -2.07. The van der Waals surface area contributed by atoms with Gasteiger partial charge in [0.15, 0.2) is 6.61 Å². The van der Waals surface area contributed by atoms with Crippen molar-refractivity contribution >= 4 is 40.5 Å². The minimum absolute atomic E-state index is 0.101. The number of halogens is 1. The first kappa shape index (κ1) is 19.6. The first-order valence-electron chi connectivity index (χ1n) is 8.11. The summed E-state index contributed by atoms with van der Waals surface area (Å²) in [6.45, 7) is 1.26. The third kappa shape index (κ3) is 4.76. The molecule has 0 aliphatic carbocycles. The van der Waals surface area contributed by atoms with Crippen LogP contribution in [0.3, 0.4) is 0 Å². The zero-order chi connectivity index (χ0) is 20.1. The lowest BCUT2D eigenvalue weighted by atomic mass is 10.2. The predicted molar refractivity (Wildman–Crippen MR) is 104 cm³/mol. The van der Waals surface area contributed by atoms with Crippen molar-refractivity contribution in [1.82, 2.24) is 4.98 Å². The quantitative estimate of drug-likeness (QED) is 0.611. The van der Waals surface area contributed by atoms with Gasteiger partial charge in [-0.2, -0.15) is 5.26 Å². The predicted octanol–water partition coefficient (Wildman–Crippen LogP) is 3.96. The molecule has 1 N–H and O–H groups in total. The number of benzene rings is 1. The molecule has 0 saturated heterocycles. The molecule has 0 fully saturated rings. The summed E-state index contributed by atoms with van der Waals surface area (Å²) in [6, 6.07) is 10.2. The summed E-state index contributed by atoms with van der Waals surface area (Å²) >= 11 is 7.39. The van der Waals surface area contributed by atoms with Crippen molar-refractivity contribution in [1.29, 1.82) is 5.26 Å². The van der Waals surface area contributed by atoms with Gasteiger partial charge in [0.1, 0.15) is 11.8 Å². The number of aryl methyl sites for hydroxylation is 1. The van der Waals surface area contributed by atoms with Crippen LogP contribution in [0.2, 0.25) is 5.02 Å². The van der Waals surface area contributed by atoms with Gasteiger partial charge in [0.2, 0.25) is 5.89 Å². The Labute approximate surface area is 169 Å². The molecule has 0 radical (unpaired) electrons. The summed E-state index contributed by atoms with van der Waals surface area (Å²) in [5, 5.41) is 13.5. The molecule has 0 saturated carbocycles. The summed E-state index contributed by atoms with van der Waals surface area (Å²) in [6.07, 6.45) is -0.101. The zero-order valence-corrected chi connectivity index (χ0v) is 16.3. The third-order valence-corrected chi connectivity index (χ3v) is 4.84. The van der Waals surface area contributed by atoms with Gasteiger partial charge in [-0.3, -0.25) is 9.59 Å². The number of oxazole rings is 1. The Balaban J connectivity index is 1.52. The number of carbonyl (C=O) groups excluding carboxylic acids is 2. The van der Waals surface area contributed by atoms with Gasteiger partial charge in [-0.05, 0) is 36.6 Å². The van der Waals surface area contributed by atoms with Crippen LogP contribution in [-0.4, -0.2) is 23.5 Å². The van der Waals surface area contributed by atoms with Crippen LogP contribution >= 0.6 is 22.9 Å². The van der Waals surface area contributed by atoms with Crippen LogP contribution in [0.1, 0.15) is 17.0 Å². The highest BCUT2D eigenvalue weighted by atomic mass is 35.5. The van der Waals surface area contributed by atoms with E-state index in [0.29, 0.717) is 28.6 Å². The number of hydrogen-bond donors (Lipinski definition) is 1. The summed E-state index contributed by atoms with van der Waals surface area (Å²) in [5.41, 5.74) is 1.17. The molecule has 2 heterocycles. The number of amides is 1. The molecule has 7 nitrogen and oxygen atoms in total. The summed E-state index contributed by atoms with van der Waals surface area (Å²) in [5.74, 6) is -0.143. The Kier molecular flexibility index (Phi) is 6.09. The number of hydrogen-bond acceptors (Lipinski definition) is 7. The number of thiophene rings is 1. The molecule has 0 bridgehead atoms. The average molecular weight is 416 g/mol. The molecule has 3 rings (SSSR count). The van der Waals surface area contributed by atoms with Crippen molar-refractivity contribution in [2.45, 2.75) is 13.3 Å². The van der Waals surface area contributed by atoms with Crippen molar-refractivity contribution in [3.05, 3.63) is 57.8 Å². The van der Waals surface area contributed by atoms with Crippen LogP contribution in [0, 0.1) is 18.3 Å². The van der Waals surface area contributed by atoms with Crippen molar-refractivity contribution < 1.29 is 18.7 Å². The third-order valence-electron chi connectivity index (χ3n) is 3.67. The number of rotatable bonds is 6. The van der Waals surface area contributed by atoms with Crippen LogP contribution in [0.15, 0.2) is 40.1 Å². The van der Waals surface area contributed by atoms with Gasteiger partial charge in [0.05, 0.1) is 27.6 Å². The first-order chi connectivity index (χ1) is 13.5. The highest BCUT2D eigenvalue weighted by molar-refractivity contribution is 7.13. The van der Waals surface area contributed by atoms with Gasteiger partial charge in [0, 0.05) is 5.69 Å². The van der Waals surface area contributed by atoms with E-state index >= 15 is 0 Å². The molecule has 0 unspecified atom stereocenters. The smallest absolute Gasteiger partial charge is 0.312 e. The van der Waals surface area contributed by atoms with E-state index in [1.165, 1.54) is 29.5 Å². The Hall–Kier alpha value is -3.15. The number of aromatic nitrogens is 1. The van der Waals surface area contributed by atoms with E-state index in [4.69, 9.17) is 26.0 Å². The van der Waals surface area contributed by atoms with Crippen LogP contribution < -0.4 is 5.32 Å². The van der Waals surface area contributed by atoms with E-state index < -0.39 is 18.5 Å². The van der Waals surface area contributed by atoms with E-state index in [2.05, 4.69) is 10.3 Å². The second kappa shape index (κ2) is 8.69. The molecular weight excluding hydrogens is 402 g/mol. The van der Waals surface area contributed by atoms with Gasteiger partial charge in [0.25, 0.3) is 5.91 Å². The Morgan fingerprint density at radius 3 is 2.89 bits per heavy atom. The molecule has 0 aliphatic heterocycles. The maximum atomic E-state index is 12.0. The molecule has 28 heavy (non-hydrogen) atoms. The van der Waals surface area contributed by atoms with Crippen LogP contribution in [0.5, 0.6) is 0 Å². The normalized spacial score (nSPS) is 10.3. The SMILES string of the molecule is Cc1oc(-c2cccs2)nc1CC(=O)OCC(=O)Nc1ccc(C#N)c(Cl)c1. The highest BCUT2D eigenvalue weighted by Gasteiger charge is 2.17. The molecule has 0 atom stereocenters. The number of ether oxygens (including phenoxy) is 1. The largest absolute Gasteiger partial charge is 0.455 e. The number of nitrogens with zero attached hydrogens (tertiary/aromatic N) is 2. The second-order valence-corrected chi connectivity index (χ2v) is 7.05. The van der Waals surface area contributed by atoms with E-state index in [1.807, 2.05) is 23.6 Å². The average Bonchev–Trinajstić information content (AvgIpc) is 3.31. The minimum Gasteiger partial charge on any atom is -0.455 e. The number of carbonyl (C=O) groups is 2. The van der Waals surface area contributed by atoms with Crippen molar-refractivity contribution in [3.8, 4) is 16.8 Å². The van der Waals surface area contributed by atoms with Crippen LogP contribution in [0.25, 0.3) is 10.8 Å². The number of nitriles is 1. The molecule has 0 spiro atoms. The van der Waals surface area contributed by atoms with Gasteiger partial charge in [-0.1, -0.05) is 17.7 Å². The van der Waals surface area contributed by atoms with Crippen molar-refractivity contribution in [2.75, 3.05) is 11.9 Å². The summed E-state index contributed by atoms with van der Waals surface area (Å²) < 4.78 is 10.6. The van der Waals surface area contributed by atoms with Crippen molar-refractivity contribution in [2.24, 2.45) is 0 Å². The Morgan fingerprint density at radius 2 is 2.21 bits per heavy atom. The van der Waals surface area contributed by atoms with E-state index in [0.717, 1.165) is 4.88 Å². The van der Waals surface area contributed by atoms with E-state index in [9.17, 15) is 9.59 Å². The maximum absolute atomic E-state index is 12.0. The lowest BCUT2D eigenvalue weighted by Crippen LogP contribution is -2.21. The summed E-state index contributed by atoms with van der Waals surface area (Å²) in [4.78, 5) is 29.1. The topological polar surface area (TPSA) is 105 Å². The standard InChI is InChI=1S/C19H14ClN3O4S/c1-11-15(23-19(27-11)16-3-2-6-28-16)8-18(25)26-10-17(24)22-13-5-4-12(9-21)14(20)7-13/h2-7H,8,10H2,1H3,(H,22,24). The molecule has 3 aromatic rings. The molecule has 1 aromatic carbocycles. The van der Waals surface area contributed by atoms with Crippen molar-refractivity contribution in [3.63, 3.8) is 0 Å². The number of anilines is 1. The lowest BCUT2D eigenvalue weighted by molar-refractivity contribution is -0.146. The molecule has 2 aromatic heterocycles. The fourth-order valence-electron chi connectivity index (χ4n) is 2.31. The fourth-order valence-corrected chi connectivity index (χ4v) is 3.18. The zero-order valence-electron chi connectivity index (χ0n) is 14.7. The number of nitrogens with one attached hydrogen (secondary N) is 1. The molecule has 0 aliphatic rings.